The molecule has 0 amide bonds. The van der Waals surface area contributed by atoms with E-state index in [9.17, 15) is 23.3 Å². The number of alkyl halides is 3. The van der Waals surface area contributed by atoms with Crippen LogP contribution in [-0.4, -0.2) is 37.6 Å². The third kappa shape index (κ3) is 3.31. The number of anilines is 1. The Labute approximate surface area is 154 Å². The van der Waals surface area contributed by atoms with Gasteiger partial charge in [-0.15, -0.1) is 11.3 Å². The molecule has 0 radical (unpaired) electrons. The first-order chi connectivity index (χ1) is 12.8. The zero-order chi connectivity index (χ0) is 19.2. The third-order valence-electron chi connectivity index (χ3n) is 4.42. The van der Waals surface area contributed by atoms with E-state index in [0.717, 1.165) is 40.3 Å². The van der Waals surface area contributed by atoms with E-state index in [-0.39, 0.29) is 11.7 Å². The van der Waals surface area contributed by atoms with Gasteiger partial charge in [-0.2, -0.15) is 13.2 Å². The van der Waals surface area contributed by atoms with Gasteiger partial charge in [-0.05, 0) is 23.8 Å². The number of halogens is 3. The number of hydrogen-bond acceptors (Lipinski definition) is 7. The number of thiazole rings is 1. The van der Waals surface area contributed by atoms with Gasteiger partial charge < -0.3 is 15.0 Å². The lowest BCUT2D eigenvalue weighted by atomic mass is 9.99. The second-order valence-corrected chi connectivity index (χ2v) is 7.08. The number of aromatic nitrogens is 4. The minimum Gasteiger partial charge on any atom is -0.358 e. The highest BCUT2D eigenvalue weighted by Crippen LogP contribution is 2.35. The number of rotatable bonds is 3. The van der Waals surface area contributed by atoms with Gasteiger partial charge in [0.1, 0.15) is 6.20 Å². The lowest BCUT2D eigenvalue weighted by Gasteiger charge is -2.32. The van der Waals surface area contributed by atoms with E-state index >= 15 is 0 Å². The topological polar surface area (TPSA) is 89.5 Å². The molecule has 0 aromatic carbocycles. The van der Waals surface area contributed by atoms with Crippen molar-refractivity contribution >= 4 is 28.6 Å². The quantitative estimate of drug-likeness (QED) is 0.496. The van der Waals surface area contributed by atoms with Crippen LogP contribution in [0, 0.1) is 10.1 Å². The van der Waals surface area contributed by atoms with Crippen molar-refractivity contribution in [2.45, 2.75) is 24.9 Å². The molecular formula is C15H13F3N6O2S. The Bertz CT molecular complexity index is 1000. The van der Waals surface area contributed by atoms with Crippen LogP contribution in [0.3, 0.4) is 0 Å². The largest absolute Gasteiger partial charge is 0.434 e. The molecule has 0 N–H and O–H groups in total. The molecular weight excluding hydrogens is 385 g/mol. The molecule has 1 atom stereocenters. The van der Waals surface area contributed by atoms with Gasteiger partial charge in [0.15, 0.2) is 11.5 Å². The van der Waals surface area contributed by atoms with E-state index in [0.29, 0.717) is 29.6 Å². The number of fused-ring (bicyclic) bond motifs is 1. The third-order valence-corrected chi connectivity index (χ3v) is 5.43. The van der Waals surface area contributed by atoms with Gasteiger partial charge in [0, 0.05) is 30.5 Å². The van der Waals surface area contributed by atoms with Crippen molar-refractivity contribution in [3.05, 3.63) is 44.5 Å². The van der Waals surface area contributed by atoms with Crippen LogP contribution in [0.1, 0.15) is 29.5 Å². The maximum absolute atomic E-state index is 12.8. The molecule has 0 aliphatic carbocycles. The molecule has 1 unspecified atom stereocenters. The Hall–Kier alpha value is -2.76. The van der Waals surface area contributed by atoms with Crippen molar-refractivity contribution in [3.63, 3.8) is 0 Å². The fraction of sp³-hybridized carbons (Fsp3) is 0.400. The molecule has 3 aromatic rings. The van der Waals surface area contributed by atoms with Crippen molar-refractivity contribution in [1.82, 2.24) is 19.6 Å². The van der Waals surface area contributed by atoms with Crippen molar-refractivity contribution in [2.75, 3.05) is 18.0 Å². The van der Waals surface area contributed by atoms with Crippen molar-refractivity contribution in [3.8, 4) is 0 Å². The molecule has 27 heavy (non-hydrogen) atoms. The maximum atomic E-state index is 12.8. The summed E-state index contributed by atoms with van der Waals surface area (Å²) in [7, 11) is 0. The predicted octanol–water partition coefficient (Wildman–Crippen LogP) is 3.50. The first kappa shape index (κ1) is 17.6. The fourth-order valence-electron chi connectivity index (χ4n) is 3.14. The highest BCUT2D eigenvalue weighted by atomic mass is 32.1. The number of imidazole rings is 1. The Morgan fingerprint density at radius 1 is 1.33 bits per heavy atom. The summed E-state index contributed by atoms with van der Waals surface area (Å²) in [6, 6.07) is 3.33. The van der Waals surface area contributed by atoms with Crippen LogP contribution < -0.4 is 4.90 Å². The van der Waals surface area contributed by atoms with E-state index in [1.807, 2.05) is 4.90 Å². The van der Waals surface area contributed by atoms with Gasteiger partial charge in [-0.1, -0.05) is 9.61 Å². The van der Waals surface area contributed by atoms with Gasteiger partial charge >= 0.3 is 12.0 Å². The van der Waals surface area contributed by atoms with Crippen LogP contribution in [0.2, 0.25) is 0 Å². The maximum Gasteiger partial charge on any atom is 0.434 e. The van der Waals surface area contributed by atoms with Gasteiger partial charge in [-0.3, -0.25) is 0 Å². The molecule has 0 saturated carbocycles. The Kier molecular flexibility index (Phi) is 4.21. The summed E-state index contributed by atoms with van der Waals surface area (Å²) in [4.78, 5) is 20.1. The highest BCUT2D eigenvalue weighted by Gasteiger charge is 2.35. The molecule has 1 saturated heterocycles. The molecule has 142 valence electrons. The smallest absolute Gasteiger partial charge is 0.358 e. The Morgan fingerprint density at radius 2 is 2.15 bits per heavy atom. The molecule has 4 rings (SSSR count). The van der Waals surface area contributed by atoms with Crippen LogP contribution in [0.25, 0.3) is 5.65 Å². The van der Waals surface area contributed by atoms with Gasteiger partial charge in [0.25, 0.3) is 0 Å². The second-order valence-electron chi connectivity index (χ2n) is 6.19. The monoisotopic (exact) mass is 398 g/mol. The van der Waals surface area contributed by atoms with Crippen LogP contribution in [0.4, 0.5) is 24.8 Å². The van der Waals surface area contributed by atoms with Crippen LogP contribution in [0.15, 0.2) is 23.7 Å². The van der Waals surface area contributed by atoms with Crippen LogP contribution >= 0.6 is 11.3 Å². The molecule has 8 nitrogen and oxygen atoms in total. The molecule has 1 fully saturated rings. The SMILES string of the molecule is O=[N+]([O-])c1cnc2ccc(N3CCCC(c4nc(C(F)(F)F)cs4)C3)nn12. The number of nitro groups is 1. The van der Waals surface area contributed by atoms with Crippen molar-refractivity contribution in [1.29, 1.82) is 0 Å². The number of piperidine rings is 1. The molecule has 1 aliphatic heterocycles. The van der Waals surface area contributed by atoms with Gasteiger partial charge in [-0.25, -0.2) is 9.97 Å². The van der Waals surface area contributed by atoms with Gasteiger partial charge in [0.05, 0.1) is 5.01 Å². The minimum absolute atomic E-state index is 0.143. The Balaban J connectivity index is 1.59. The van der Waals surface area contributed by atoms with Crippen LogP contribution in [0.5, 0.6) is 0 Å². The van der Waals surface area contributed by atoms with E-state index < -0.39 is 16.8 Å². The molecule has 1 aliphatic rings. The Morgan fingerprint density at radius 3 is 2.85 bits per heavy atom. The van der Waals surface area contributed by atoms with Crippen LogP contribution in [-0.2, 0) is 6.18 Å². The minimum atomic E-state index is -4.45. The van der Waals surface area contributed by atoms with E-state index in [1.165, 1.54) is 0 Å². The summed E-state index contributed by atoms with van der Waals surface area (Å²) in [5.41, 5.74) is -0.512. The number of hydrogen-bond donors (Lipinski definition) is 0. The normalized spacial score (nSPS) is 18.2. The second kappa shape index (κ2) is 6.44. The summed E-state index contributed by atoms with van der Waals surface area (Å²) in [5, 5.41) is 16.9. The summed E-state index contributed by atoms with van der Waals surface area (Å²) >= 11 is 1.01. The number of nitrogens with zero attached hydrogens (tertiary/aromatic N) is 6. The lowest BCUT2D eigenvalue weighted by Crippen LogP contribution is -2.35. The van der Waals surface area contributed by atoms with E-state index in [4.69, 9.17) is 0 Å². The first-order valence-electron chi connectivity index (χ1n) is 8.09. The average molecular weight is 398 g/mol. The van der Waals surface area contributed by atoms with E-state index in [1.54, 1.807) is 12.1 Å². The average Bonchev–Trinajstić information content (AvgIpc) is 3.28. The van der Waals surface area contributed by atoms with Crippen molar-refractivity contribution in [2.24, 2.45) is 0 Å². The van der Waals surface area contributed by atoms with E-state index in [2.05, 4.69) is 15.1 Å². The fourth-order valence-corrected chi connectivity index (χ4v) is 4.09. The van der Waals surface area contributed by atoms with Crippen molar-refractivity contribution < 1.29 is 18.1 Å². The molecule has 0 spiro atoms. The lowest BCUT2D eigenvalue weighted by molar-refractivity contribution is -0.391. The summed E-state index contributed by atoms with van der Waals surface area (Å²) in [5.74, 6) is 0.131. The zero-order valence-corrected chi connectivity index (χ0v) is 14.6. The summed E-state index contributed by atoms with van der Waals surface area (Å²) in [6.07, 6.45) is -1.82. The predicted molar refractivity (Wildman–Crippen MR) is 90.9 cm³/mol. The molecule has 4 heterocycles. The standard InChI is InChI=1S/C15H13F3N6O2S/c16-15(17,18)10-8-27-14(20-10)9-2-1-5-22(7-9)12-4-3-11-19-6-13(24(25)26)23(11)21-12/h3-4,6,8-9H,1-2,5,7H2. The molecule has 12 heteroatoms. The highest BCUT2D eigenvalue weighted by molar-refractivity contribution is 7.09. The summed E-state index contributed by atoms with van der Waals surface area (Å²) in [6.45, 7) is 1.11. The molecule has 0 bridgehead atoms. The first-order valence-corrected chi connectivity index (χ1v) is 8.97. The molecule has 3 aromatic heterocycles. The summed E-state index contributed by atoms with van der Waals surface area (Å²) < 4.78 is 39.5. The zero-order valence-electron chi connectivity index (χ0n) is 13.8. The van der Waals surface area contributed by atoms with Gasteiger partial charge in [0.2, 0.25) is 5.65 Å².